The zero-order valence-corrected chi connectivity index (χ0v) is 6.98. The third-order valence-electron chi connectivity index (χ3n) is 1.89. The molecule has 1 aliphatic rings. The number of nitrogens with zero attached hydrogens (tertiary/aromatic N) is 1. The largest absolute Gasteiger partial charge is 0.342 e. The van der Waals surface area contributed by atoms with Crippen molar-refractivity contribution in [3.63, 3.8) is 0 Å². The summed E-state index contributed by atoms with van der Waals surface area (Å²) in [6.07, 6.45) is 0.649. The van der Waals surface area contributed by atoms with Crippen LogP contribution in [-0.4, -0.2) is 23.9 Å². The van der Waals surface area contributed by atoms with Crippen molar-refractivity contribution in [1.29, 1.82) is 0 Å². The lowest BCUT2D eigenvalue weighted by molar-refractivity contribution is -0.141. The molecule has 0 atom stereocenters. The van der Waals surface area contributed by atoms with Crippen LogP contribution < -0.4 is 0 Å². The summed E-state index contributed by atoms with van der Waals surface area (Å²) in [6, 6.07) is 0. The molecule has 1 rings (SSSR count). The molecule has 0 saturated carbocycles. The molecule has 0 aromatic carbocycles. The topological polar surface area (TPSA) is 20.3 Å². The van der Waals surface area contributed by atoms with Crippen molar-refractivity contribution in [2.45, 2.75) is 27.2 Å². The Hall–Kier alpha value is -0.530. The average molecular weight is 141 g/mol. The Morgan fingerprint density at radius 3 is 2.30 bits per heavy atom. The van der Waals surface area contributed by atoms with Gasteiger partial charge in [0.25, 0.3) is 0 Å². The predicted octanol–water partition coefficient (Wildman–Crippen LogP) is 1.26. The molecule has 0 spiro atoms. The van der Waals surface area contributed by atoms with Crippen molar-refractivity contribution in [3.05, 3.63) is 0 Å². The lowest BCUT2D eigenvalue weighted by atomic mass is 9.84. The zero-order chi connectivity index (χ0) is 7.78. The highest BCUT2D eigenvalue weighted by Crippen LogP contribution is 2.28. The second-order valence-corrected chi connectivity index (χ2v) is 3.77. The van der Waals surface area contributed by atoms with E-state index in [4.69, 9.17) is 0 Å². The highest BCUT2D eigenvalue weighted by Gasteiger charge is 2.35. The van der Waals surface area contributed by atoms with Gasteiger partial charge in [0.05, 0.1) is 0 Å². The third-order valence-corrected chi connectivity index (χ3v) is 1.89. The molecule has 1 aliphatic heterocycles. The number of rotatable bonds is 1. The first-order chi connectivity index (χ1) is 4.55. The highest BCUT2D eigenvalue weighted by molar-refractivity contribution is 5.76. The number of carbonyl (C=O) groups is 1. The summed E-state index contributed by atoms with van der Waals surface area (Å²) in [5.41, 5.74) is 0.380. The molecule has 2 nitrogen and oxygen atoms in total. The molecule has 0 radical (unpaired) electrons. The Morgan fingerprint density at radius 1 is 1.50 bits per heavy atom. The maximum atomic E-state index is 11.0. The zero-order valence-electron chi connectivity index (χ0n) is 6.98. The quantitative estimate of drug-likeness (QED) is 0.538. The number of hydrogen-bond acceptors (Lipinski definition) is 1. The van der Waals surface area contributed by atoms with E-state index in [9.17, 15) is 4.79 Å². The number of carbonyl (C=O) groups excluding carboxylic acids is 1. The summed E-state index contributed by atoms with van der Waals surface area (Å²) in [5.74, 6) is 0.291. The van der Waals surface area contributed by atoms with Gasteiger partial charge in [0.1, 0.15) is 0 Å². The van der Waals surface area contributed by atoms with E-state index in [1.54, 1.807) is 0 Å². The van der Waals surface area contributed by atoms with E-state index < -0.39 is 0 Å². The fraction of sp³-hybridized carbons (Fsp3) is 0.875. The molecule has 0 bridgehead atoms. The Bertz CT molecular complexity index is 143. The standard InChI is InChI=1S/C8H15NO/c1-4-7(10)9-5-8(2,3)6-9/h4-6H2,1-3H3. The number of hydrogen-bond donors (Lipinski definition) is 0. The van der Waals surface area contributed by atoms with Crippen molar-refractivity contribution in [1.82, 2.24) is 4.90 Å². The van der Waals surface area contributed by atoms with Crippen LogP contribution in [0.1, 0.15) is 27.2 Å². The molecule has 1 amide bonds. The van der Waals surface area contributed by atoms with Gasteiger partial charge < -0.3 is 4.90 Å². The maximum absolute atomic E-state index is 11.0. The predicted molar refractivity (Wildman–Crippen MR) is 40.7 cm³/mol. The van der Waals surface area contributed by atoms with Gasteiger partial charge in [0.2, 0.25) is 5.91 Å². The number of likely N-dealkylation sites (tertiary alicyclic amines) is 1. The van der Waals surface area contributed by atoms with Gasteiger partial charge in [0, 0.05) is 19.5 Å². The second kappa shape index (κ2) is 2.26. The van der Waals surface area contributed by atoms with Crippen LogP contribution in [0.2, 0.25) is 0 Å². The van der Waals surface area contributed by atoms with Crippen molar-refractivity contribution in [3.8, 4) is 0 Å². The van der Waals surface area contributed by atoms with Gasteiger partial charge in [-0.05, 0) is 5.41 Å². The van der Waals surface area contributed by atoms with Crippen LogP contribution in [0.3, 0.4) is 0 Å². The van der Waals surface area contributed by atoms with Crippen LogP contribution in [0.25, 0.3) is 0 Å². The van der Waals surface area contributed by atoms with Crippen LogP contribution in [0.15, 0.2) is 0 Å². The molecular formula is C8H15NO. The van der Waals surface area contributed by atoms with E-state index in [2.05, 4.69) is 13.8 Å². The lowest BCUT2D eigenvalue weighted by Gasteiger charge is -2.45. The first-order valence-corrected chi connectivity index (χ1v) is 3.83. The first-order valence-electron chi connectivity index (χ1n) is 3.83. The SMILES string of the molecule is CCC(=O)N1CC(C)(C)C1. The smallest absolute Gasteiger partial charge is 0.222 e. The van der Waals surface area contributed by atoms with E-state index in [-0.39, 0.29) is 0 Å². The molecule has 0 aliphatic carbocycles. The normalized spacial score (nSPS) is 22.1. The molecule has 10 heavy (non-hydrogen) atoms. The summed E-state index contributed by atoms with van der Waals surface area (Å²) in [5, 5.41) is 0. The van der Waals surface area contributed by atoms with Gasteiger partial charge in [0.15, 0.2) is 0 Å². The van der Waals surface area contributed by atoms with Crippen LogP contribution in [0.4, 0.5) is 0 Å². The molecule has 0 unspecified atom stereocenters. The van der Waals surface area contributed by atoms with Gasteiger partial charge in [-0.25, -0.2) is 0 Å². The molecule has 1 fully saturated rings. The molecule has 1 saturated heterocycles. The summed E-state index contributed by atoms with van der Waals surface area (Å²) in [4.78, 5) is 12.9. The van der Waals surface area contributed by atoms with Crippen molar-refractivity contribution in [2.75, 3.05) is 13.1 Å². The monoisotopic (exact) mass is 141 g/mol. The van der Waals surface area contributed by atoms with Gasteiger partial charge in [-0.2, -0.15) is 0 Å². The third kappa shape index (κ3) is 1.31. The minimum Gasteiger partial charge on any atom is -0.342 e. The fourth-order valence-electron chi connectivity index (χ4n) is 1.39. The minimum absolute atomic E-state index is 0.291. The van der Waals surface area contributed by atoms with Crippen molar-refractivity contribution in [2.24, 2.45) is 5.41 Å². The molecular weight excluding hydrogens is 126 g/mol. The van der Waals surface area contributed by atoms with E-state index in [1.165, 1.54) is 0 Å². The highest BCUT2D eigenvalue weighted by atomic mass is 16.2. The molecule has 0 N–H and O–H groups in total. The molecule has 0 aromatic rings. The van der Waals surface area contributed by atoms with Gasteiger partial charge in [-0.1, -0.05) is 20.8 Å². The van der Waals surface area contributed by atoms with Gasteiger partial charge in [-0.3, -0.25) is 4.79 Å². The van der Waals surface area contributed by atoms with Crippen LogP contribution in [0.5, 0.6) is 0 Å². The molecule has 58 valence electrons. The summed E-state index contributed by atoms with van der Waals surface area (Å²) in [7, 11) is 0. The Balaban J connectivity index is 2.33. The fourth-order valence-corrected chi connectivity index (χ4v) is 1.39. The maximum Gasteiger partial charge on any atom is 0.222 e. The van der Waals surface area contributed by atoms with Gasteiger partial charge in [-0.15, -0.1) is 0 Å². The summed E-state index contributed by atoms with van der Waals surface area (Å²) >= 11 is 0. The van der Waals surface area contributed by atoms with Crippen molar-refractivity contribution < 1.29 is 4.79 Å². The molecule has 1 heterocycles. The van der Waals surface area contributed by atoms with Crippen molar-refractivity contribution >= 4 is 5.91 Å². The van der Waals surface area contributed by atoms with E-state index in [1.807, 2.05) is 11.8 Å². The molecule has 2 heteroatoms. The summed E-state index contributed by atoms with van der Waals surface area (Å²) < 4.78 is 0. The number of amides is 1. The minimum atomic E-state index is 0.291. The van der Waals surface area contributed by atoms with Gasteiger partial charge >= 0.3 is 0 Å². The molecule has 0 aromatic heterocycles. The van der Waals surface area contributed by atoms with Crippen LogP contribution in [0, 0.1) is 5.41 Å². The first kappa shape index (κ1) is 7.58. The Labute approximate surface area is 62.2 Å². The lowest BCUT2D eigenvalue weighted by Crippen LogP contribution is -2.55. The second-order valence-electron chi connectivity index (χ2n) is 3.77. The van der Waals surface area contributed by atoms with E-state index in [0.29, 0.717) is 17.7 Å². The Kier molecular flexibility index (Phi) is 1.71. The van der Waals surface area contributed by atoms with E-state index in [0.717, 1.165) is 13.1 Å². The summed E-state index contributed by atoms with van der Waals surface area (Å²) in [6.45, 7) is 8.17. The average Bonchev–Trinajstić information content (AvgIpc) is 1.81. The van der Waals surface area contributed by atoms with Crippen LogP contribution in [-0.2, 0) is 4.79 Å². The van der Waals surface area contributed by atoms with Crippen LogP contribution >= 0.6 is 0 Å². The van der Waals surface area contributed by atoms with E-state index >= 15 is 0 Å². The Morgan fingerprint density at radius 2 is 2.00 bits per heavy atom.